The molecule has 80 valence electrons. The minimum Gasteiger partial charge on any atom is -0.368 e. The topological polar surface area (TPSA) is 110 Å². The highest BCUT2D eigenvalue weighted by molar-refractivity contribution is 5.96. The molecule has 6 heteroatoms. The van der Waals surface area contributed by atoms with Crippen LogP contribution in [-0.4, -0.2) is 18.4 Å². The fourth-order valence-electron chi connectivity index (χ4n) is 0.987. The molecule has 1 aromatic carbocycles. The summed E-state index contributed by atoms with van der Waals surface area (Å²) in [6.07, 6.45) is 0. The van der Waals surface area contributed by atoms with Crippen molar-refractivity contribution >= 4 is 17.5 Å². The van der Waals surface area contributed by atoms with Gasteiger partial charge in [-0.2, -0.15) is 0 Å². The van der Waals surface area contributed by atoms with Crippen LogP contribution in [0.5, 0.6) is 0 Å². The van der Waals surface area contributed by atoms with Gasteiger partial charge in [0.15, 0.2) is 0 Å². The summed E-state index contributed by atoms with van der Waals surface area (Å²) in [6, 6.07) is 6.48. The first-order valence-corrected chi connectivity index (χ1v) is 4.26. The van der Waals surface area contributed by atoms with E-state index < -0.39 is 5.91 Å². The highest BCUT2D eigenvalue weighted by Crippen LogP contribution is 2.07. The molecule has 0 aliphatic carbocycles. The van der Waals surface area contributed by atoms with Gasteiger partial charge in [0.2, 0.25) is 5.91 Å². The molecule has 0 saturated heterocycles. The van der Waals surface area contributed by atoms with E-state index >= 15 is 0 Å². The Morgan fingerprint density at radius 1 is 1.20 bits per heavy atom. The highest BCUT2D eigenvalue weighted by Gasteiger charge is 2.05. The number of anilines is 1. The third-order valence-corrected chi connectivity index (χ3v) is 1.74. The number of hydrogen-bond donors (Lipinski definition) is 4. The molecular weight excluding hydrogens is 196 g/mol. The molecule has 0 radical (unpaired) electrons. The number of carbonyl (C=O) groups excluding carboxylic acids is 2. The van der Waals surface area contributed by atoms with E-state index in [4.69, 9.17) is 11.6 Å². The quantitative estimate of drug-likeness (QED) is 0.383. The normalized spacial score (nSPS) is 9.40. The van der Waals surface area contributed by atoms with Crippen LogP contribution in [0.1, 0.15) is 10.4 Å². The van der Waals surface area contributed by atoms with Crippen LogP contribution < -0.4 is 22.3 Å². The predicted octanol–water partition coefficient (Wildman–Crippen LogP) is -0.813. The van der Waals surface area contributed by atoms with Gasteiger partial charge in [-0.1, -0.05) is 0 Å². The maximum absolute atomic E-state index is 11.4. The monoisotopic (exact) mass is 208 g/mol. The van der Waals surface area contributed by atoms with Crippen molar-refractivity contribution in [3.63, 3.8) is 0 Å². The van der Waals surface area contributed by atoms with E-state index in [1.807, 2.05) is 0 Å². The van der Waals surface area contributed by atoms with Gasteiger partial charge in [-0.05, 0) is 24.3 Å². The van der Waals surface area contributed by atoms with Crippen LogP contribution in [0.25, 0.3) is 0 Å². The maximum atomic E-state index is 11.4. The Morgan fingerprint density at radius 3 is 2.27 bits per heavy atom. The average molecular weight is 208 g/mol. The second kappa shape index (κ2) is 4.97. The standard InChI is InChI=1S/C9H12N4O2/c10-8(14)5-12-9(15)6-1-3-7(13-11)4-2-6/h1-4,13H,5,11H2,(H2,10,14)(H,12,15). The van der Waals surface area contributed by atoms with Crippen molar-refractivity contribution in [3.05, 3.63) is 29.8 Å². The zero-order valence-corrected chi connectivity index (χ0v) is 7.99. The second-order valence-electron chi connectivity index (χ2n) is 2.87. The number of nitrogen functional groups attached to an aromatic ring is 1. The van der Waals surface area contributed by atoms with E-state index in [-0.39, 0.29) is 12.5 Å². The fourth-order valence-corrected chi connectivity index (χ4v) is 0.987. The summed E-state index contributed by atoms with van der Waals surface area (Å²) >= 11 is 0. The molecule has 0 aliphatic heterocycles. The van der Waals surface area contributed by atoms with Gasteiger partial charge in [0, 0.05) is 11.3 Å². The zero-order chi connectivity index (χ0) is 11.3. The molecule has 6 N–H and O–H groups in total. The lowest BCUT2D eigenvalue weighted by atomic mass is 10.2. The Labute approximate surface area is 86.6 Å². The summed E-state index contributed by atoms with van der Waals surface area (Å²) in [5.74, 6) is 4.23. The lowest BCUT2D eigenvalue weighted by Crippen LogP contribution is -2.33. The Morgan fingerprint density at radius 2 is 1.80 bits per heavy atom. The number of benzene rings is 1. The third kappa shape index (κ3) is 3.28. The lowest BCUT2D eigenvalue weighted by molar-refractivity contribution is -0.117. The molecule has 6 nitrogen and oxygen atoms in total. The molecule has 0 bridgehead atoms. The van der Waals surface area contributed by atoms with E-state index in [0.29, 0.717) is 11.3 Å². The van der Waals surface area contributed by atoms with Gasteiger partial charge in [-0.25, -0.2) is 0 Å². The number of hydrogen-bond acceptors (Lipinski definition) is 4. The van der Waals surface area contributed by atoms with Crippen molar-refractivity contribution in [2.45, 2.75) is 0 Å². The maximum Gasteiger partial charge on any atom is 0.251 e. The second-order valence-corrected chi connectivity index (χ2v) is 2.87. The largest absolute Gasteiger partial charge is 0.368 e. The Hall–Kier alpha value is -2.08. The SMILES string of the molecule is NNc1ccc(C(=O)NCC(N)=O)cc1. The van der Waals surface area contributed by atoms with Gasteiger partial charge in [-0.15, -0.1) is 0 Å². The molecule has 0 aromatic heterocycles. The number of hydrazine groups is 1. The van der Waals surface area contributed by atoms with Crippen LogP contribution in [-0.2, 0) is 4.79 Å². The number of nitrogens with one attached hydrogen (secondary N) is 2. The highest BCUT2D eigenvalue weighted by atomic mass is 16.2. The molecule has 0 atom stereocenters. The molecule has 0 fully saturated rings. The number of primary amides is 1. The van der Waals surface area contributed by atoms with Gasteiger partial charge < -0.3 is 16.5 Å². The van der Waals surface area contributed by atoms with Crippen LogP contribution in [0, 0.1) is 0 Å². The van der Waals surface area contributed by atoms with E-state index in [2.05, 4.69) is 10.7 Å². The molecule has 0 unspecified atom stereocenters. The number of amides is 2. The Bertz CT molecular complexity index is 361. The van der Waals surface area contributed by atoms with Crippen LogP contribution in [0.3, 0.4) is 0 Å². The van der Waals surface area contributed by atoms with E-state index in [0.717, 1.165) is 0 Å². The Balaban J connectivity index is 2.62. The van der Waals surface area contributed by atoms with Crippen molar-refractivity contribution in [1.29, 1.82) is 0 Å². The van der Waals surface area contributed by atoms with Crippen LogP contribution in [0.4, 0.5) is 5.69 Å². The lowest BCUT2D eigenvalue weighted by Gasteiger charge is -2.04. The summed E-state index contributed by atoms with van der Waals surface area (Å²) < 4.78 is 0. The molecule has 0 saturated carbocycles. The first-order chi connectivity index (χ1) is 7.13. The summed E-state index contributed by atoms with van der Waals surface area (Å²) in [5, 5.41) is 2.37. The molecule has 0 spiro atoms. The summed E-state index contributed by atoms with van der Waals surface area (Å²) in [7, 11) is 0. The summed E-state index contributed by atoms with van der Waals surface area (Å²) in [5.41, 5.74) is 8.46. The molecule has 15 heavy (non-hydrogen) atoms. The van der Waals surface area contributed by atoms with Crippen molar-refractivity contribution < 1.29 is 9.59 Å². The first kappa shape index (κ1) is 11.0. The van der Waals surface area contributed by atoms with E-state index in [9.17, 15) is 9.59 Å². The molecule has 2 amide bonds. The van der Waals surface area contributed by atoms with Gasteiger partial charge in [0.1, 0.15) is 0 Å². The Kier molecular flexibility index (Phi) is 3.64. The number of carbonyl (C=O) groups is 2. The molecule has 1 rings (SSSR count). The number of rotatable bonds is 4. The van der Waals surface area contributed by atoms with Crippen molar-refractivity contribution in [1.82, 2.24) is 5.32 Å². The van der Waals surface area contributed by atoms with Crippen molar-refractivity contribution in [3.8, 4) is 0 Å². The van der Waals surface area contributed by atoms with Crippen LogP contribution >= 0.6 is 0 Å². The predicted molar refractivity (Wildman–Crippen MR) is 55.8 cm³/mol. The van der Waals surface area contributed by atoms with E-state index in [1.54, 1.807) is 24.3 Å². The molecular formula is C9H12N4O2. The fraction of sp³-hybridized carbons (Fsp3) is 0.111. The van der Waals surface area contributed by atoms with Gasteiger partial charge in [0.05, 0.1) is 6.54 Å². The minimum absolute atomic E-state index is 0.171. The van der Waals surface area contributed by atoms with Crippen LogP contribution in [0.2, 0.25) is 0 Å². The zero-order valence-electron chi connectivity index (χ0n) is 7.99. The minimum atomic E-state index is -0.580. The summed E-state index contributed by atoms with van der Waals surface area (Å²) in [4.78, 5) is 21.8. The molecule has 0 aliphatic rings. The van der Waals surface area contributed by atoms with Gasteiger partial charge >= 0.3 is 0 Å². The van der Waals surface area contributed by atoms with Crippen molar-refractivity contribution in [2.75, 3.05) is 12.0 Å². The van der Waals surface area contributed by atoms with Gasteiger partial charge in [0.25, 0.3) is 5.91 Å². The van der Waals surface area contributed by atoms with E-state index in [1.165, 1.54) is 0 Å². The average Bonchev–Trinajstić information content (AvgIpc) is 2.26. The summed E-state index contributed by atoms with van der Waals surface area (Å²) in [6.45, 7) is -0.171. The number of nitrogens with two attached hydrogens (primary N) is 2. The smallest absolute Gasteiger partial charge is 0.251 e. The first-order valence-electron chi connectivity index (χ1n) is 4.26. The van der Waals surface area contributed by atoms with Crippen molar-refractivity contribution in [2.24, 2.45) is 11.6 Å². The molecule has 0 heterocycles. The van der Waals surface area contributed by atoms with Gasteiger partial charge in [-0.3, -0.25) is 15.4 Å². The molecule has 1 aromatic rings. The third-order valence-electron chi connectivity index (χ3n) is 1.74. The van der Waals surface area contributed by atoms with Crippen LogP contribution in [0.15, 0.2) is 24.3 Å².